The van der Waals surface area contributed by atoms with E-state index in [4.69, 9.17) is 9.26 Å². The van der Waals surface area contributed by atoms with Crippen LogP contribution in [0.5, 0.6) is 0 Å². The van der Waals surface area contributed by atoms with Crippen molar-refractivity contribution in [3.05, 3.63) is 47.7 Å². The van der Waals surface area contributed by atoms with Crippen LogP contribution in [0.3, 0.4) is 0 Å². The highest BCUT2D eigenvalue weighted by molar-refractivity contribution is 8.00. The average molecular weight is 401 g/mol. The SMILES string of the molecule is Cc1cc(NC(=O)COC(=O)[C@H]2CS[C@]3(c4ccccc4)CCC(=O)N23)no1. The Balaban J connectivity index is 1.42. The van der Waals surface area contributed by atoms with Gasteiger partial charge >= 0.3 is 5.97 Å². The second-order valence-electron chi connectivity index (χ2n) is 6.72. The van der Waals surface area contributed by atoms with Crippen LogP contribution in [-0.2, 0) is 24.0 Å². The third-order valence-corrected chi connectivity index (χ3v) is 6.46. The van der Waals surface area contributed by atoms with E-state index in [2.05, 4.69) is 10.5 Å². The molecule has 2 aromatic rings. The van der Waals surface area contributed by atoms with Crippen LogP contribution < -0.4 is 5.32 Å². The first-order valence-electron chi connectivity index (χ1n) is 8.91. The number of carbonyl (C=O) groups is 3. The number of thioether (sulfide) groups is 1. The Kier molecular flexibility index (Phi) is 4.84. The summed E-state index contributed by atoms with van der Waals surface area (Å²) >= 11 is 1.57. The van der Waals surface area contributed by atoms with Gasteiger partial charge in [-0.3, -0.25) is 9.59 Å². The molecular formula is C19H19N3O5S. The Labute approximate surface area is 165 Å². The van der Waals surface area contributed by atoms with Crippen LogP contribution in [0.25, 0.3) is 0 Å². The third-order valence-electron chi connectivity index (χ3n) is 4.87. The molecule has 1 aromatic heterocycles. The van der Waals surface area contributed by atoms with Crippen LogP contribution in [0.1, 0.15) is 24.2 Å². The van der Waals surface area contributed by atoms with Gasteiger partial charge < -0.3 is 19.5 Å². The lowest BCUT2D eigenvalue weighted by Gasteiger charge is -2.33. The number of aryl methyl sites for hydroxylation is 1. The van der Waals surface area contributed by atoms with Gasteiger partial charge in [0, 0.05) is 18.2 Å². The van der Waals surface area contributed by atoms with Gasteiger partial charge in [0.15, 0.2) is 12.4 Å². The Hall–Kier alpha value is -2.81. The van der Waals surface area contributed by atoms with Crippen molar-refractivity contribution < 1.29 is 23.6 Å². The molecule has 0 aliphatic carbocycles. The minimum atomic E-state index is -0.706. The average Bonchev–Trinajstić information content (AvgIpc) is 3.37. The molecule has 4 rings (SSSR count). The van der Waals surface area contributed by atoms with Crippen LogP contribution >= 0.6 is 11.8 Å². The van der Waals surface area contributed by atoms with Crippen molar-refractivity contribution in [1.82, 2.24) is 10.1 Å². The van der Waals surface area contributed by atoms with Gasteiger partial charge in [-0.1, -0.05) is 35.5 Å². The smallest absolute Gasteiger partial charge is 0.330 e. The third kappa shape index (κ3) is 3.26. The summed E-state index contributed by atoms with van der Waals surface area (Å²) in [5.41, 5.74) is 1.00. The summed E-state index contributed by atoms with van der Waals surface area (Å²) in [6.07, 6.45) is 1.04. The number of hydrogen-bond acceptors (Lipinski definition) is 7. The number of fused-ring (bicyclic) bond motifs is 1. The van der Waals surface area contributed by atoms with E-state index in [9.17, 15) is 14.4 Å². The van der Waals surface area contributed by atoms with E-state index in [-0.39, 0.29) is 11.7 Å². The first-order valence-corrected chi connectivity index (χ1v) is 9.89. The van der Waals surface area contributed by atoms with Crippen molar-refractivity contribution in [1.29, 1.82) is 0 Å². The molecular weight excluding hydrogens is 382 g/mol. The van der Waals surface area contributed by atoms with Gasteiger partial charge in [0.2, 0.25) is 5.91 Å². The number of carbonyl (C=O) groups excluding carboxylic acids is 3. The fourth-order valence-electron chi connectivity index (χ4n) is 3.65. The predicted octanol–water partition coefficient (Wildman–Crippen LogP) is 2.06. The molecule has 8 nitrogen and oxygen atoms in total. The van der Waals surface area contributed by atoms with Gasteiger partial charge in [-0.15, -0.1) is 11.8 Å². The number of aromatic nitrogens is 1. The number of hydrogen-bond donors (Lipinski definition) is 1. The van der Waals surface area contributed by atoms with E-state index in [1.807, 2.05) is 30.3 Å². The van der Waals surface area contributed by atoms with Crippen molar-refractivity contribution in [3.8, 4) is 0 Å². The molecule has 2 amide bonds. The van der Waals surface area contributed by atoms with Gasteiger partial charge in [-0.25, -0.2) is 4.79 Å². The fourth-order valence-corrected chi connectivity index (χ4v) is 5.29. The lowest BCUT2D eigenvalue weighted by atomic mass is 10.0. The molecule has 9 heteroatoms. The van der Waals surface area contributed by atoms with Crippen molar-refractivity contribution in [2.75, 3.05) is 17.7 Å². The summed E-state index contributed by atoms with van der Waals surface area (Å²) in [6, 6.07) is 10.6. The molecule has 146 valence electrons. The summed E-state index contributed by atoms with van der Waals surface area (Å²) in [6.45, 7) is 1.25. The summed E-state index contributed by atoms with van der Waals surface area (Å²) in [5, 5.41) is 6.14. The highest BCUT2D eigenvalue weighted by atomic mass is 32.2. The Morgan fingerprint density at radius 3 is 2.89 bits per heavy atom. The summed E-state index contributed by atoms with van der Waals surface area (Å²) in [7, 11) is 0. The zero-order chi connectivity index (χ0) is 19.7. The molecule has 0 bridgehead atoms. The second-order valence-corrected chi connectivity index (χ2v) is 8.02. The molecule has 0 saturated carbocycles. The molecule has 2 fully saturated rings. The fraction of sp³-hybridized carbons (Fsp3) is 0.368. The summed E-state index contributed by atoms with van der Waals surface area (Å²) < 4.78 is 10.1. The van der Waals surface area contributed by atoms with Gasteiger partial charge in [0.25, 0.3) is 5.91 Å². The molecule has 28 heavy (non-hydrogen) atoms. The number of benzene rings is 1. The van der Waals surface area contributed by atoms with Crippen molar-refractivity contribution in [3.63, 3.8) is 0 Å². The Morgan fingerprint density at radius 1 is 1.39 bits per heavy atom. The van der Waals surface area contributed by atoms with E-state index in [1.54, 1.807) is 29.7 Å². The van der Waals surface area contributed by atoms with Gasteiger partial charge in [-0.2, -0.15) is 0 Å². The number of rotatable bonds is 5. The maximum absolute atomic E-state index is 12.6. The predicted molar refractivity (Wildman–Crippen MR) is 101 cm³/mol. The molecule has 2 aliphatic heterocycles. The summed E-state index contributed by atoms with van der Waals surface area (Å²) in [5.74, 6) is 0.0800. The van der Waals surface area contributed by atoms with Crippen LogP contribution in [-0.4, -0.2) is 46.2 Å². The summed E-state index contributed by atoms with van der Waals surface area (Å²) in [4.78, 5) is 38.2. The normalized spacial score (nSPS) is 23.5. The van der Waals surface area contributed by atoms with Crippen LogP contribution in [0.15, 0.2) is 40.9 Å². The molecule has 0 spiro atoms. The van der Waals surface area contributed by atoms with Crippen LogP contribution in [0, 0.1) is 6.92 Å². The van der Waals surface area contributed by atoms with Crippen molar-refractivity contribution in [2.45, 2.75) is 30.7 Å². The highest BCUT2D eigenvalue weighted by Gasteiger charge is 2.57. The zero-order valence-electron chi connectivity index (χ0n) is 15.2. The molecule has 2 atom stereocenters. The van der Waals surface area contributed by atoms with Crippen LogP contribution in [0.4, 0.5) is 5.82 Å². The highest BCUT2D eigenvalue weighted by Crippen LogP contribution is 2.54. The first kappa shape index (κ1) is 18.5. The molecule has 0 radical (unpaired) electrons. The van der Waals surface area contributed by atoms with E-state index in [0.717, 1.165) is 5.56 Å². The monoisotopic (exact) mass is 401 g/mol. The number of esters is 1. The maximum atomic E-state index is 12.6. The van der Waals surface area contributed by atoms with E-state index in [1.165, 1.54) is 0 Å². The van der Waals surface area contributed by atoms with E-state index in [0.29, 0.717) is 24.4 Å². The van der Waals surface area contributed by atoms with Gasteiger partial charge in [0.05, 0.1) is 0 Å². The zero-order valence-corrected chi connectivity index (χ0v) is 16.0. The first-order chi connectivity index (χ1) is 13.5. The minimum absolute atomic E-state index is 0.0710. The molecule has 0 unspecified atom stereocenters. The standard InChI is InChI=1S/C19H19N3O5S/c1-12-9-15(21-27-12)20-16(23)10-26-18(25)14-11-28-19(8-7-17(24)22(14)19)13-5-3-2-4-6-13/h2-6,9,14H,7-8,10-11H2,1H3,(H,20,21,23)/t14-,19+/m1/s1. The van der Waals surface area contributed by atoms with Crippen molar-refractivity contribution >= 4 is 35.4 Å². The lowest BCUT2D eigenvalue weighted by Crippen LogP contribution is -2.47. The molecule has 2 saturated heterocycles. The minimum Gasteiger partial charge on any atom is -0.454 e. The van der Waals surface area contributed by atoms with E-state index >= 15 is 0 Å². The largest absolute Gasteiger partial charge is 0.454 e. The van der Waals surface area contributed by atoms with Crippen molar-refractivity contribution in [2.24, 2.45) is 0 Å². The number of nitrogens with one attached hydrogen (secondary N) is 1. The number of amides is 2. The molecule has 2 aliphatic rings. The maximum Gasteiger partial charge on any atom is 0.330 e. The van der Waals surface area contributed by atoms with Gasteiger partial charge in [0.1, 0.15) is 16.7 Å². The Bertz CT molecular complexity index is 915. The number of nitrogens with zero attached hydrogens (tertiary/aromatic N) is 2. The molecule has 1 aromatic carbocycles. The molecule has 3 heterocycles. The second kappa shape index (κ2) is 7.31. The number of anilines is 1. The quantitative estimate of drug-likeness (QED) is 0.765. The van der Waals surface area contributed by atoms with Crippen LogP contribution in [0.2, 0.25) is 0 Å². The van der Waals surface area contributed by atoms with E-state index < -0.39 is 29.4 Å². The Morgan fingerprint density at radius 2 is 2.18 bits per heavy atom. The molecule has 1 N–H and O–H groups in total. The number of ether oxygens (including phenoxy) is 1. The topological polar surface area (TPSA) is 102 Å². The van der Waals surface area contributed by atoms with Gasteiger partial charge in [-0.05, 0) is 18.9 Å². The lowest BCUT2D eigenvalue weighted by molar-refractivity contribution is -0.155.